The van der Waals surface area contributed by atoms with Gasteiger partial charge in [-0.25, -0.2) is 0 Å². The van der Waals surface area contributed by atoms with Gasteiger partial charge in [0.15, 0.2) is 11.8 Å². The van der Waals surface area contributed by atoms with Crippen LogP contribution in [0.3, 0.4) is 0 Å². The molecule has 0 radical (unpaired) electrons. The number of hydrogen-bond acceptors (Lipinski definition) is 3. The van der Waals surface area contributed by atoms with Crippen molar-refractivity contribution in [3.05, 3.63) is 0 Å². The molecule has 0 saturated carbocycles. The van der Waals surface area contributed by atoms with Gasteiger partial charge in [0.1, 0.15) is 0 Å². The lowest BCUT2D eigenvalue weighted by molar-refractivity contribution is -0.142. The highest BCUT2D eigenvalue weighted by Gasteiger charge is 2.19. The topological polar surface area (TPSA) is 80.4 Å². The molecule has 0 spiro atoms. The summed E-state index contributed by atoms with van der Waals surface area (Å²) in [6, 6.07) is -1.34. The Morgan fingerprint density at radius 1 is 0.680 bits per heavy atom. The van der Waals surface area contributed by atoms with Crippen LogP contribution in [0.5, 0.6) is 0 Å². The van der Waals surface area contributed by atoms with Crippen molar-refractivity contribution in [2.75, 3.05) is 0 Å². The van der Waals surface area contributed by atoms with E-state index in [1.165, 1.54) is 83.5 Å². The van der Waals surface area contributed by atoms with Crippen molar-refractivity contribution in [1.82, 2.24) is 0 Å². The van der Waals surface area contributed by atoms with Crippen LogP contribution in [-0.2, 0) is 9.59 Å². The van der Waals surface area contributed by atoms with Crippen molar-refractivity contribution in [1.29, 1.82) is 0 Å². The zero-order valence-electron chi connectivity index (χ0n) is 16.4. The Morgan fingerprint density at radius 3 is 1.32 bits per heavy atom. The van der Waals surface area contributed by atoms with Crippen LogP contribution in [0.15, 0.2) is 0 Å². The fraction of sp³-hybridized carbons (Fsp3) is 0.905. The molecule has 0 bridgehead atoms. The molecule has 0 rings (SSSR count). The van der Waals surface area contributed by atoms with Crippen molar-refractivity contribution in [2.24, 2.45) is 5.73 Å². The highest BCUT2D eigenvalue weighted by Crippen LogP contribution is 2.14. The number of rotatable bonds is 19. The molecule has 0 aromatic heterocycles. The van der Waals surface area contributed by atoms with E-state index in [0.717, 1.165) is 19.3 Å². The van der Waals surface area contributed by atoms with Crippen molar-refractivity contribution < 1.29 is 14.7 Å². The van der Waals surface area contributed by atoms with E-state index in [9.17, 15) is 9.59 Å². The number of nitrogens with two attached hydrogens (primary N) is 1. The van der Waals surface area contributed by atoms with Gasteiger partial charge >= 0.3 is 5.97 Å². The molecular formula is C21H41NO3. The zero-order chi connectivity index (χ0) is 18.8. The van der Waals surface area contributed by atoms with Gasteiger partial charge in [0.25, 0.3) is 0 Å². The Kier molecular flexibility index (Phi) is 17.3. The highest BCUT2D eigenvalue weighted by atomic mass is 16.4. The summed E-state index contributed by atoms with van der Waals surface area (Å²) in [6.07, 6.45) is 20.9. The van der Waals surface area contributed by atoms with E-state index in [4.69, 9.17) is 10.8 Å². The minimum absolute atomic E-state index is 0.298. The van der Waals surface area contributed by atoms with Crippen LogP contribution in [0, 0.1) is 0 Å². The molecule has 1 unspecified atom stereocenters. The predicted octanol–water partition coefficient (Wildman–Crippen LogP) is 5.62. The van der Waals surface area contributed by atoms with Gasteiger partial charge in [-0.3, -0.25) is 9.59 Å². The molecule has 0 aliphatic heterocycles. The number of carbonyl (C=O) groups excluding carboxylic acids is 1. The van der Waals surface area contributed by atoms with Gasteiger partial charge in [-0.15, -0.1) is 0 Å². The van der Waals surface area contributed by atoms with Crippen molar-refractivity contribution >= 4 is 11.8 Å². The summed E-state index contributed by atoms with van der Waals surface area (Å²) >= 11 is 0. The minimum Gasteiger partial charge on any atom is -0.480 e. The monoisotopic (exact) mass is 355 g/mol. The third-order valence-electron chi connectivity index (χ3n) is 4.89. The van der Waals surface area contributed by atoms with Gasteiger partial charge in [0, 0.05) is 6.42 Å². The fourth-order valence-corrected chi connectivity index (χ4v) is 3.14. The molecule has 25 heavy (non-hydrogen) atoms. The third kappa shape index (κ3) is 16.3. The molecule has 4 nitrogen and oxygen atoms in total. The standard InChI is InChI=1S/C21H41NO3/c1-2-3-4-5-6-7-8-9-10-11-12-13-14-15-16-17-18-19(23)20(22)21(24)25/h20H,2-18,22H2,1H3,(H,24,25). The fourth-order valence-electron chi connectivity index (χ4n) is 3.14. The van der Waals surface area contributed by atoms with E-state index in [2.05, 4.69) is 6.92 Å². The van der Waals surface area contributed by atoms with E-state index in [-0.39, 0.29) is 5.78 Å². The minimum atomic E-state index is -1.34. The summed E-state index contributed by atoms with van der Waals surface area (Å²) in [7, 11) is 0. The summed E-state index contributed by atoms with van der Waals surface area (Å²) in [4.78, 5) is 22.0. The lowest BCUT2D eigenvalue weighted by Crippen LogP contribution is -2.38. The SMILES string of the molecule is CCCCCCCCCCCCCCCCCCC(=O)C(N)C(=O)O. The normalized spacial score (nSPS) is 12.2. The van der Waals surface area contributed by atoms with Crippen LogP contribution >= 0.6 is 0 Å². The second kappa shape index (κ2) is 17.9. The second-order valence-corrected chi connectivity index (χ2v) is 7.34. The van der Waals surface area contributed by atoms with Crippen LogP contribution in [0.2, 0.25) is 0 Å². The van der Waals surface area contributed by atoms with Gasteiger partial charge in [-0.2, -0.15) is 0 Å². The number of aliphatic carboxylic acids is 1. The average molecular weight is 356 g/mol. The van der Waals surface area contributed by atoms with E-state index in [1.54, 1.807) is 0 Å². The third-order valence-corrected chi connectivity index (χ3v) is 4.89. The molecule has 148 valence electrons. The summed E-state index contributed by atoms with van der Waals surface area (Å²) in [6.45, 7) is 2.26. The van der Waals surface area contributed by atoms with Crippen LogP contribution in [0.4, 0.5) is 0 Å². The Morgan fingerprint density at radius 2 is 1.00 bits per heavy atom. The summed E-state index contributed by atoms with van der Waals surface area (Å²) in [5.41, 5.74) is 5.28. The van der Waals surface area contributed by atoms with Gasteiger partial charge in [-0.05, 0) is 6.42 Å². The van der Waals surface area contributed by atoms with E-state index < -0.39 is 12.0 Å². The van der Waals surface area contributed by atoms with Gasteiger partial charge < -0.3 is 10.8 Å². The van der Waals surface area contributed by atoms with Gasteiger partial charge in [-0.1, -0.05) is 103 Å². The number of carboxylic acids is 1. The van der Waals surface area contributed by atoms with Gasteiger partial charge in [0.05, 0.1) is 0 Å². The number of Topliss-reactive ketones (excluding diaryl/α,β-unsaturated/α-hetero) is 1. The first-order chi connectivity index (χ1) is 12.1. The van der Waals surface area contributed by atoms with E-state index in [0.29, 0.717) is 6.42 Å². The number of carbonyl (C=O) groups is 2. The van der Waals surface area contributed by atoms with Crippen molar-refractivity contribution in [3.63, 3.8) is 0 Å². The molecular weight excluding hydrogens is 314 g/mol. The highest BCUT2D eigenvalue weighted by molar-refractivity contribution is 6.01. The van der Waals surface area contributed by atoms with Crippen molar-refractivity contribution in [2.45, 2.75) is 122 Å². The lowest BCUT2D eigenvalue weighted by atomic mass is 10.0. The molecule has 0 fully saturated rings. The van der Waals surface area contributed by atoms with Gasteiger partial charge in [0.2, 0.25) is 0 Å². The van der Waals surface area contributed by atoms with Crippen LogP contribution in [-0.4, -0.2) is 22.9 Å². The molecule has 3 N–H and O–H groups in total. The molecule has 0 heterocycles. The Hall–Kier alpha value is -0.900. The molecule has 4 heteroatoms. The smallest absolute Gasteiger partial charge is 0.328 e. The summed E-state index contributed by atoms with van der Waals surface area (Å²) in [5, 5.41) is 8.64. The lowest BCUT2D eigenvalue weighted by Gasteiger charge is -2.05. The largest absolute Gasteiger partial charge is 0.480 e. The predicted molar refractivity (Wildman–Crippen MR) is 105 cm³/mol. The molecule has 0 saturated heterocycles. The number of carboxylic acid groups (broad SMARTS) is 1. The Labute approximate surface area is 154 Å². The zero-order valence-corrected chi connectivity index (χ0v) is 16.4. The van der Waals surface area contributed by atoms with Crippen LogP contribution < -0.4 is 5.73 Å². The maximum Gasteiger partial charge on any atom is 0.328 e. The van der Waals surface area contributed by atoms with E-state index >= 15 is 0 Å². The molecule has 0 amide bonds. The molecule has 0 aliphatic carbocycles. The maximum absolute atomic E-state index is 11.4. The molecule has 1 atom stereocenters. The number of hydrogen-bond donors (Lipinski definition) is 2. The average Bonchev–Trinajstić information content (AvgIpc) is 2.60. The summed E-state index contributed by atoms with van der Waals surface area (Å²) in [5.74, 6) is -1.57. The Bertz CT molecular complexity index is 331. The molecule has 0 aliphatic rings. The second-order valence-electron chi connectivity index (χ2n) is 7.34. The van der Waals surface area contributed by atoms with Crippen LogP contribution in [0.1, 0.15) is 116 Å². The van der Waals surface area contributed by atoms with E-state index in [1.807, 2.05) is 0 Å². The summed E-state index contributed by atoms with van der Waals surface area (Å²) < 4.78 is 0. The maximum atomic E-state index is 11.4. The number of ketones is 1. The first-order valence-electron chi connectivity index (χ1n) is 10.6. The molecule has 0 aromatic rings. The quantitative estimate of drug-likeness (QED) is 0.233. The number of unbranched alkanes of at least 4 members (excludes halogenated alkanes) is 15. The van der Waals surface area contributed by atoms with Crippen molar-refractivity contribution in [3.8, 4) is 0 Å². The first kappa shape index (κ1) is 24.1. The molecule has 0 aromatic carbocycles. The Balaban J connectivity index is 3.17. The first-order valence-corrected chi connectivity index (χ1v) is 10.6. The van der Waals surface area contributed by atoms with Crippen LogP contribution in [0.25, 0.3) is 0 Å².